The van der Waals surface area contributed by atoms with Crippen LogP contribution < -0.4 is 0 Å². The molecule has 0 aromatic carbocycles. The molecule has 1 aromatic rings. The van der Waals surface area contributed by atoms with E-state index in [1.54, 1.807) is 6.33 Å². The second-order valence-electron chi connectivity index (χ2n) is 5.48. The molecule has 1 heterocycles. The number of aliphatic carboxylic acids is 1. The van der Waals surface area contributed by atoms with E-state index in [2.05, 4.69) is 11.9 Å². The molecule has 0 aliphatic heterocycles. The molecule has 1 aromatic heterocycles. The second kappa shape index (κ2) is 5.55. The van der Waals surface area contributed by atoms with E-state index in [-0.39, 0.29) is 11.8 Å². The van der Waals surface area contributed by atoms with E-state index in [0.717, 1.165) is 25.0 Å². The SMILES string of the molecule is CCCC1CCC(C(=O)O)C(c2cn(C)cn2)C1. The number of hydrogen-bond donors (Lipinski definition) is 1. The van der Waals surface area contributed by atoms with Gasteiger partial charge in [0.2, 0.25) is 0 Å². The fourth-order valence-corrected chi connectivity index (χ4v) is 3.18. The van der Waals surface area contributed by atoms with Crippen molar-refractivity contribution in [3.05, 3.63) is 18.2 Å². The van der Waals surface area contributed by atoms with Crippen LogP contribution in [0.15, 0.2) is 12.5 Å². The minimum absolute atomic E-state index is 0.0917. The largest absolute Gasteiger partial charge is 0.481 e. The molecule has 1 saturated carbocycles. The summed E-state index contributed by atoms with van der Waals surface area (Å²) in [5.74, 6) is -0.166. The van der Waals surface area contributed by atoms with Crippen LogP contribution in [0.5, 0.6) is 0 Å². The Bertz CT molecular complexity index is 414. The van der Waals surface area contributed by atoms with Gasteiger partial charge in [-0.1, -0.05) is 19.8 Å². The van der Waals surface area contributed by atoms with Crippen molar-refractivity contribution in [2.45, 2.75) is 44.9 Å². The van der Waals surface area contributed by atoms with Crippen LogP contribution in [0.2, 0.25) is 0 Å². The average molecular weight is 250 g/mol. The molecule has 0 saturated heterocycles. The van der Waals surface area contributed by atoms with Gasteiger partial charge >= 0.3 is 5.97 Å². The molecule has 2 rings (SSSR count). The van der Waals surface area contributed by atoms with Gasteiger partial charge in [0.1, 0.15) is 0 Å². The van der Waals surface area contributed by atoms with E-state index in [1.807, 2.05) is 17.8 Å². The Kier molecular flexibility index (Phi) is 4.04. The average Bonchev–Trinajstić information content (AvgIpc) is 2.76. The zero-order valence-electron chi connectivity index (χ0n) is 11.2. The first-order valence-electron chi connectivity index (χ1n) is 6.82. The summed E-state index contributed by atoms with van der Waals surface area (Å²) >= 11 is 0. The number of imidazole rings is 1. The first kappa shape index (κ1) is 13.1. The second-order valence-corrected chi connectivity index (χ2v) is 5.48. The minimum atomic E-state index is -0.666. The number of carboxylic acid groups (broad SMARTS) is 1. The zero-order chi connectivity index (χ0) is 13.1. The monoisotopic (exact) mass is 250 g/mol. The maximum Gasteiger partial charge on any atom is 0.307 e. The number of aryl methyl sites for hydroxylation is 1. The molecule has 3 atom stereocenters. The lowest BCUT2D eigenvalue weighted by atomic mass is 9.71. The quantitative estimate of drug-likeness (QED) is 0.894. The van der Waals surface area contributed by atoms with Crippen LogP contribution in [0.1, 0.15) is 50.6 Å². The van der Waals surface area contributed by atoms with Gasteiger partial charge in [-0.25, -0.2) is 4.98 Å². The first-order valence-corrected chi connectivity index (χ1v) is 6.82. The highest BCUT2D eigenvalue weighted by Gasteiger charge is 2.36. The van der Waals surface area contributed by atoms with Gasteiger partial charge in [-0.15, -0.1) is 0 Å². The first-order chi connectivity index (χ1) is 8.61. The Morgan fingerprint density at radius 2 is 2.33 bits per heavy atom. The third-order valence-corrected chi connectivity index (χ3v) is 4.08. The highest BCUT2D eigenvalue weighted by molar-refractivity contribution is 5.71. The lowest BCUT2D eigenvalue weighted by molar-refractivity contribution is -0.144. The van der Waals surface area contributed by atoms with Gasteiger partial charge in [0.25, 0.3) is 0 Å². The van der Waals surface area contributed by atoms with Gasteiger partial charge in [0.15, 0.2) is 0 Å². The molecule has 18 heavy (non-hydrogen) atoms. The van der Waals surface area contributed by atoms with Crippen molar-refractivity contribution in [2.75, 3.05) is 0 Å². The predicted molar refractivity (Wildman–Crippen MR) is 69.3 cm³/mol. The molecular weight excluding hydrogens is 228 g/mol. The molecule has 0 bridgehead atoms. The van der Waals surface area contributed by atoms with Crippen LogP contribution >= 0.6 is 0 Å². The number of carboxylic acids is 1. The van der Waals surface area contributed by atoms with Crippen LogP contribution in [-0.4, -0.2) is 20.6 Å². The number of aromatic nitrogens is 2. The molecule has 1 aliphatic carbocycles. The van der Waals surface area contributed by atoms with E-state index in [1.165, 1.54) is 12.8 Å². The van der Waals surface area contributed by atoms with Gasteiger partial charge in [-0.05, 0) is 25.2 Å². The summed E-state index contributed by atoms with van der Waals surface area (Å²) in [6, 6.07) is 0. The van der Waals surface area contributed by atoms with Crippen LogP contribution in [0.4, 0.5) is 0 Å². The van der Waals surface area contributed by atoms with Gasteiger partial charge in [0, 0.05) is 19.2 Å². The molecule has 4 heteroatoms. The number of rotatable bonds is 4. The standard InChI is InChI=1S/C14H22N2O2/c1-3-4-10-5-6-11(14(17)18)12(7-10)13-8-16(2)9-15-13/h8-12H,3-7H2,1-2H3,(H,17,18). The van der Waals surface area contributed by atoms with Crippen molar-refractivity contribution in [2.24, 2.45) is 18.9 Å². The maximum absolute atomic E-state index is 11.4. The van der Waals surface area contributed by atoms with Gasteiger partial charge in [-0.3, -0.25) is 4.79 Å². The van der Waals surface area contributed by atoms with Crippen LogP contribution in [0, 0.1) is 11.8 Å². The van der Waals surface area contributed by atoms with E-state index in [4.69, 9.17) is 0 Å². The highest BCUT2D eigenvalue weighted by Crippen LogP contribution is 2.41. The molecule has 1 fully saturated rings. The van der Waals surface area contributed by atoms with E-state index in [0.29, 0.717) is 5.92 Å². The number of carbonyl (C=O) groups is 1. The van der Waals surface area contributed by atoms with Gasteiger partial charge in [0.05, 0.1) is 17.9 Å². The normalized spacial score (nSPS) is 28.2. The summed E-state index contributed by atoms with van der Waals surface area (Å²) in [6.07, 6.45) is 8.93. The van der Waals surface area contributed by atoms with Crippen molar-refractivity contribution in [1.29, 1.82) is 0 Å². The van der Waals surface area contributed by atoms with Gasteiger partial charge < -0.3 is 9.67 Å². The molecule has 0 amide bonds. The van der Waals surface area contributed by atoms with Crippen LogP contribution in [-0.2, 0) is 11.8 Å². The topological polar surface area (TPSA) is 55.1 Å². The maximum atomic E-state index is 11.4. The van der Waals surface area contributed by atoms with Crippen molar-refractivity contribution in [3.8, 4) is 0 Å². The lowest BCUT2D eigenvalue weighted by Crippen LogP contribution is -2.29. The smallest absolute Gasteiger partial charge is 0.307 e. The third-order valence-electron chi connectivity index (χ3n) is 4.08. The minimum Gasteiger partial charge on any atom is -0.481 e. The summed E-state index contributed by atoms with van der Waals surface area (Å²) in [7, 11) is 1.93. The fraction of sp³-hybridized carbons (Fsp3) is 0.714. The predicted octanol–water partition coefficient (Wildman–Crippen LogP) is 2.80. The Balaban J connectivity index is 2.17. The molecule has 3 unspecified atom stereocenters. The zero-order valence-corrected chi connectivity index (χ0v) is 11.2. The van der Waals surface area contributed by atoms with E-state index in [9.17, 15) is 9.90 Å². The van der Waals surface area contributed by atoms with Crippen LogP contribution in [0.25, 0.3) is 0 Å². The molecule has 1 N–H and O–H groups in total. The summed E-state index contributed by atoms with van der Waals surface area (Å²) in [4.78, 5) is 15.7. The summed E-state index contributed by atoms with van der Waals surface area (Å²) < 4.78 is 1.90. The summed E-state index contributed by atoms with van der Waals surface area (Å²) in [5, 5.41) is 9.36. The van der Waals surface area contributed by atoms with Crippen molar-refractivity contribution >= 4 is 5.97 Å². The third kappa shape index (κ3) is 2.74. The summed E-state index contributed by atoms with van der Waals surface area (Å²) in [6.45, 7) is 2.19. The molecule has 100 valence electrons. The van der Waals surface area contributed by atoms with E-state index < -0.39 is 5.97 Å². The van der Waals surface area contributed by atoms with Gasteiger partial charge in [-0.2, -0.15) is 0 Å². The lowest BCUT2D eigenvalue weighted by Gasteiger charge is -2.33. The Morgan fingerprint density at radius 3 is 2.89 bits per heavy atom. The van der Waals surface area contributed by atoms with Crippen LogP contribution in [0.3, 0.4) is 0 Å². The number of nitrogens with zero attached hydrogens (tertiary/aromatic N) is 2. The van der Waals surface area contributed by atoms with Crippen molar-refractivity contribution in [3.63, 3.8) is 0 Å². The number of hydrogen-bond acceptors (Lipinski definition) is 2. The summed E-state index contributed by atoms with van der Waals surface area (Å²) in [5.41, 5.74) is 0.950. The molecular formula is C14H22N2O2. The molecule has 0 radical (unpaired) electrons. The van der Waals surface area contributed by atoms with Crippen molar-refractivity contribution in [1.82, 2.24) is 9.55 Å². The molecule has 1 aliphatic rings. The Hall–Kier alpha value is -1.32. The fourth-order valence-electron chi connectivity index (χ4n) is 3.18. The van der Waals surface area contributed by atoms with E-state index >= 15 is 0 Å². The highest BCUT2D eigenvalue weighted by atomic mass is 16.4. The molecule has 4 nitrogen and oxygen atoms in total. The van der Waals surface area contributed by atoms with Crippen molar-refractivity contribution < 1.29 is 9.90 Å². The Morgan fingerprint density at radius 1 is 1.56 bits per heavy atom. The Labute approximate surface area is 108 Å². The molecule has 0 spiro atoms.